The van der Waals surface area contributed by atoms with Gasteiger partial charge in [0.25, 0.3) is 0 Å². The van der Waals surface area contributed by atoms with Crippen molar-refractivity contribution in [2.75, 3.05) is 19.0 Å². The summed E-state index contributed by atoms with van der Waals surface area (Å²) in [7, 11) is 4.09. The quantitative estimate of drug-likeness (QED) is 0.376. The van der Waals surface area contributed by atoms with Crippen LogP contribution in [0.4, 0.5) is 5.69 Å². The lowest BCUT2D eigenvalue weighted by Gasteiger charge is -2.10. The van der Waals surface area contributed by atoms with Crippen molar-refractivity contribution in [3.63, 3.8) is 0 Å². The monoisotopic (exact) mass is 286 g/mol. The van der Waals surface area contributed by atoms with Gasteiger partial charge in [-0.05, 0) is 0 Å². The molecule has 2 aromatic rings. The van der Waals surface area contributed by atoms with E-state index in [-0.39, 0.29) is 0 Å². The minimum Gasteiger partial charge on any atom is -0.411 e. The molecule has 21 heavy (non-hydrogen) atoms. The van der Waals surface area contributed by atoms with Crippen LogP contribution in [0, 0.1) is 0 Å². The van der Waals surface area contributed by atoms with Crippen LogP contribution in [0.25, 0.3) is 0 Å². The van der Waals surface area contributed by atoms with Gasteiger partial charge in [0.1, 0.15) is 0 Å². The van der Waals surface area contributed by atoms with Crippen molar-refractivity contribution >= 4 is 11.9 Å². The number of hydrogen-bond acceptors (Lipinski definition) is 3. The largest absolute Gasteiger partial charge is 0.411 e. The Bertz CT molecular complexity index is 576. The molecule has 0 unspecified atom stereocenters. The SMILES string of the molecule is CN(C)c1cc[n+](CCC[n+]2ccc(/C=N\O)cc2)cc1. The second kappa shape index (κ2) is 7.38. The highest BCUT2D eigenvalue weighted by atomic mass is 16.4. The Hall–Kier alpha value is -2.43. The first-order valence-electron chi connectivity index (χ1n) is 7.02. The molecule has 2 heterocycles. The summed E-state index contributed by atoms with van der Waals surface area (Å²) in [6.45, 7) is 1.94. The van der Waals surface area contributed by atoms with E-state index in [4.69, 9.17) is 5.21 Å². The van der Waals surface area contributed by atoms with Crippen LogP contribution in [0.2, 0.25) is 0 Å². The van der Waals surface area contributed by atoms with Gasteiger partial charge in [-0.2, -0.15) is 0 Å². The fraction of sp³-hybridized carbons (Fsp3) is 0.312. The summed E-state index contributed by atoms with van der Waals surface area (Å²) < 4.78 is 4.32. The molecule has 0 aromatic carbocycles. The van der Waals surface area contributed by atoms with Gasteiger partial charge in [-0.1, -0.05) is 5.16 Å². The number of nitrogens with zero attached hydrogens (tertiary/aromatic N) is 4. The third-order valence-electron chi connectivity index (χ3n) is 3.35. The molecule has 5 heteroatoms. The molecule has 0 spiro atoms. The zero-order chi connectivity index (χ0) is 15.1. The highest BCUT2D eigenvalue weighted by Gasteiger charge is 2.05. The van der Waals surface area contributed by atoms with E-state index in [9.17, 15) is 0 Å². The summed E-state index contributed by atoms with van der Waals surface area (Å²) in [5, 5.41) is 11.5. The van der Waals surface area contributed by atoms with Crippen molar-refractivity contribution in [1.29, 1.82) is 0 Å². The first-order valence-corrected chi connectivity index (χ1v) is 7.02. The van der Waals surface area contributed by atoms with Gasteiger partial charge >= 0.3 is 0 Å². The highest BCUT2D eigenvalue weighted by Crippen LogP contribution is 2.05. The molecule has 0 bridgehead atoms. The van der Waals surface area contributed by atoms with Crippen molar-refractivity contribution in [3.05, 3.63) is 54.6 Å². The number of hydrogen-bond donors (Lipinski definition) is 1. The molecule has 0 atom stereocenters. The molecule has 2 aromatic heterocycles. The Morgan fingerprint density at radius 1 is 1.00 bits per heavy atom. The van der Waals surface area contributed by atoms with Gasteiger partial charge in [0.15, 0.2) is 37.9 Å². The van der Waals surface area contributed by atoms with Crippen molar-refractivity contribution in [2.45, 2.75) is 19.5 Å². The van der Waals surface area contributed by atoms with Crippen LogP contribution in [0.5, 0.6) is 0 Å². The van der Waals surface area contributed by atoms with Gasteiger partial charge in [-0.25, -0.2) is 9.13 Å². The molecular formula is C16H22N4O+2. The third kappa shape index (κ3) is 4.56. The van der Waals surface area contributed by atoms with Crippen LogP contribution in [0.1, 0.15) is 12.0 Å². The Morgan fingerprint density at radius 3 is 2.00 bits per heavy atom. The van der Waals surface area contributed by atoms with E-state index in [1.165, 1.54) is 11.9 Å². The van der Waals surface area contributed by atoms with Gasteiger partial charge in [0.2, 0.25) is 0 Å². The lowest BCUT2D eigenvalue weighted by atomic mass is 10.3. The minimum absolute atomic E-state index is 0.891. The maximum Gasteiger partial charge on any atom is 0.170 e. The average Bonchev–Trinajstić information content (AvgIpc) is 2.50. The second-order valence-corrected chi connectivity index (χ2v) is 5.16. The van der Waals surface area contributed by atoms with Gasteiger partial charge in [0.05, 0.1) is 12.6 Å². The maximum absolute atomic E-state index is 8.47. The van der Waals surface area contributed by atoms with Crippen LogP contribution in [-0.4, -0.2) is 25.5 Å². The molecule has 0 amide bonds. The van der Waals surface area contributed by atoms with Crippen LogP contribution >= 0.6 is 0 Å². The molecule has 0 saturated heterocycles. The van der Waals surface area contributed by atoms with E-state index >= 15 is 0 Å². The van der Waals surface area contributed by atoms with E-state index in [1.807, 2.05) is 38.6 Å². The number of aryl methyl sites for hydroxylation is 2. The zero-order valence-corrected chi connectivity index (χ0v) is 12.6. The van der Waals surface area contributed by atoms with Crippen LogP contribution in [0.3, 0.4) is 0 Å². The van der Waals surface area contributed by atoms with Gasteiger partial charge < -0.3 is 10.1 Å². The van der Waals surface area contributed by atoms with E-state index in [2.05, 4.69) is 43.7 Å². The number of anilines is 1. The van der Waals surface area contributed by atoms with Gasteiger partial charge in [-0.15, -0.1) is 0 Å². The Balaban J connectivity index is 1.83. The average molecular weight is 286 g/mol. The minimum atomic E-state index is 0.891. The lowest BCUT2D eigenvalue weighted by molar-refractivity contribution is -0.726. The normalized spacial score (nSPS) is 11.0. The van der Waals surface area contributed by atoms with Crippen molar-refractivity contribution in [3.8, 4) is 0 Å². The lowest BCUT2D eigenvalue weighted by Crippen LogP contribution is -2.38. The van der Waals surface area contributed by atoms with E-state index in [0.717, 1.165) is 25.1 Å². The molecule has 5 nitrogen and oxygen atoms in total. The van der Waals surface area contributed by atoms with E-state index in [0.29, 0.717) is 0 Å². The van der Waals surface area contributed by atoms with Gasteiger partial charge in [-0.3, -0.25) is 0 Å². The molecule has 0 radical (unpaired) electrons. The molecule has 110 valence electrons. The Kier molecular flexibility index (Phi) is 5.26. The fourth-order valence-electron chi connectivity index (χ4n) is 2.10. The summed E-state index contributed by atoms with van der Waals surface area (Å²) in [5.41, 5.74) is 2.10. The van der Waals surface area contributed by atoms with Gasteiger partial charge in [0, 0.05) is 49.6 Å². The standard InChI is InChI=1S/C16H21N4O/c1-18(2)16-6-12-20(13-7-16)9-3-8-19-10-4-15(5-11-19)14-17-21/h4-7,10-14H,3,8-9H2,1-2H3/q+1/p+1. The first kappa shape index (κ1) is 15.0. The van der Waals surface area contributed by atoms with E-state index in [1.54, 1.807) is 0 Å². The van der Waals surface area contributed by atoms with Crippen LogP contribution in [0.15, 0.2) is 54.2 Å². The number of aromatic nitrogens is 2. The topological polar surface area (TPSA) is 43.6 Å². The van der Waals surface area contributed by atoms with Crippen LogP contribution < -0.4 is 14.0 Å². The molecule has 2 rings (SSSR count). The summed E-state index contributed by atoms with van der Waals surface area (Å²) >= 11 is 0. The fourth-order valence-corrected chi connectivity index (χ4v) is 2.10. The Morgan fingerprint density at radius 2 is 1.52 bits per heavy atom. The highest BCUT2D eigenvalue weighted by molar-refractivity contribution is 5.78. The second-order valence-electron chi connectivity index (χ2n) is 5.16. The molecule has 0 aliphatic heterocycles. The summed E-state index contributed by atoms with van der Waals surface area (Å²) in [5.74, 6) is 0. The molecule has 0 aliphatic rings. The predicted molar refractivity (Wildman–Crippen MR) is 81.6 cm³/mol. The molecule has 0 aliphatic carbocycles. The summed E-state index contributed by atoms with van der Waals surface area (Å²) in [4.78, 5) is 2.09. The number of oxime groups is 1. The number of pyridine rings is 2. The third-order valence-corrected chi connectivity index (χ3v) is 3.35. The first-order chi connectivity index (χ1) is 10.2. The summed E-state index contributed by atoms with van der Waals surface area (Å²) in [6, 6.07) is 8.10. The smallest absolute Gasteiger partial charge is 0.170 e. The molecule has 0 fully saturated rings. The Labute approximate surface area is 125 Å². The van der Waals surface area contributed by atoms with E-state index < -0.39 is 0 Å². The maximum atomic E-state index is 8.47. The number of rotatable bonds is 6. The van der Waals surface area contributed by atoms with Crippen LogP contribution in [-0.2, 0) is 13.1 Å². The molecule has 1 N–H and O–H groups in total. The predicted octanol–water partition coefficient (Wildman–Crippen LogP) is 1.23. The van der Waals surface area contributed by atoms with Crippen molar-refractivity contribution < 1.29 is 14.3 Å². The summed E-state index contributed by atoms with van der Waals surface area (Å²) in [6.07, 6.45) is 10.7. The zero-order valence-electron chi connectivity index (χ0n) is 12.6. The van der Waals surface area contributed by atoms with Crippen molar-refractivity contribution in [2.24, 2.45) is 5.16 Å². The van der Waals surface area contributed by atoms with Crippen molar-refractivity contribution in [1.82, 2.24) is 0 Å². The molecular weight excluding hydrogens is 264 g/mol. The molecule has 0 saturated carbocycles.